The highest BCUT2D eigenvalue weighted by Crippen LogP contribution is 2.15. The van der Waals surface area contributed by atoms with E-state index in [4.69, 9.17) is 16.3 Å². The van der Waals surface area contributed by atoms with Crippen molar-refractivity contribution in [2.45, 2.75) is 0 Å². The topological polar surface area (TPSA) is 69.0 Å². The van der Waals surface area contributed by atoms with Gasteiger partial charge in [-0.1, -0.05) is 11.6 Å². The maximum absolute atomic E-state index is 11.9. The summed E-state index contributed by atoms with van der Waals surface area (Å²) in [7, 11) is 3.20. The van der Waals surface area contributed by atoms with Gasteiger partial charge < -0.3 is 10.1 Å². The highest BCUT2D eigenvalue weighted by atomic mass is 35.5. The standard InChI is InChI=1S/C11H11ClN4O2/c1-16-10(18-2)6-8(15-16)11(17)14-9-5-7(12)3-4-13-9/h3-6H,1-2H3,(H,13,14,17). The van der Waals surface area contributed by atoms with Crippen molar-refractivity contribution in [3.63, 3.8) is 0 Å². The first-order valence-electron chi connectivity index (χ1n) is 5.11. The number of carbonyl (C=O) groups excluding carboxylic acids is 1. The minimum atomic E-state index is -0.372. The second-order valence-electron chi connectivity index (χ2n) is 3.51. The van der Waals surface area contributed by atoms with Crippen molar-refractivity contribution in [3.05, 3.63) is 35.1 Å². The summed E-state index contributed by atoms with van der Waals surface area (Å²) in [5.41, 5.74) is 0.246. The van der Waals surface area contributed by atoms with E-state index in [1.54, 1.807) is 25.2 Å². The highest BCUT2D eigenvalue weighted by molar-refractivity contribution is 6.30. The SMILES string of the molecule is COc1cc(C(=O)Nc2cc(Cl)ccn2)nn1C. The third-order valence-corrected chi connectivity index (χ3v) is 2.48. The van der Waals surface area contributed by atoms with Crippen molar-refractivity contribution in [2.24, 2.45) is 7.05 Å². The number of hydrogen-bond donors (Lipinski definition) is 1. The molecule has 1 N–H and O–H groups in total. The average Bonchev–Trinajstić information content (AvgIpc) is 2.70. The smallest absolute Gasteiger partial charge is 0.277 e. The Morgan fingerprint density at radius 1 is 1.50 bits per heavy atom. The lowest BCUT2D eigenvalue weighted by atomic mass is 10.4. The Hall–Kier alpha value is -2.08. The summed E-state index contributed by atoms with van der Waals surface area (Å²) < 4.78 is 6.50. The molecule has 0 atom stereocenters. The molecule has 18 heavy (non-hydrogen) atoms. The predicted molar refractivity (Wildman–Crippen MR) is 67.0 cm³/mol. The first-order chi connectivity index (χ1) is 8.60. The maximum Gasteiger partial charge on any atom is 0.277 e. The monoisotopic (exact) mass is 266 g/mol. The Kier molecular flexibility index (Phi) is 3.47. The molecule has 0 aliphatic carbocycles. The molecule has 2 heterocycles. The largest absolute Gasteiger partial charge is 0.481 e. The molecule has 7 heteroatoms. The number of amides is 1. The summed E-state index contributed by atoms with van der Waals surface area (Å²) in [5.74, 6) is 0.500. The van der Waals surface area contributed by atoms with Crippen molar-refractivity contribution >= 4 is 23.3 Å². The van der Waals surface area contributed by atoms with Crippen molar-refractivity contribution in [2.75, 3.05) is 12.4 Å². The van der Waals surface area contributed by atoms with Crippen LogP contribution in [-0.4, -0.2) is 27.8 Å². The second kappa shape index (κ2) is 5.05. The Morgan fingerprint density at radius 2 is 2.28 bits per heavy atom. The van der Waals surface area contributed by atoms with E-state index in [-0.39, 0.29) is 11.6 Å². The van der Waals surface area contributed by atoms with Crippen LogP contribution in [0, 0.1) is 0 Å². The van der Waals surface area contributed by atoms with Gasteiger partial charge in [0.2, 0.25) is 5.88 Å². The van der Waals surface area contributed by atoms with Crippen LogP contribution in [0.4, 0.5) is 5.82 Å². The van der Waals surface area contributed by atoms with Gasteiger partial charge >= 0.3 is 0 Å². The van der Waals surface area contributed by atoms with Crippen LogP contribution >= 0.6 is 11.6 Å². The molecule has 1 amide bonds. The Bertz CT molecular complexity index is 582. The molecule has 0 aromatic carbocycles. The minimum absolute atomic E-state index is 0.246. The summed E-state index contributed by atoms with van der Waals surface area (Å²) in [6, 6.07) is 4.72. The van der Waals surface area contributed by atoms with E-state index in [1.807, 2.05) is 0 Å². The maximum atomic E-state index is 11.9. The number of methoxy groups -OCH3 is 1. The van der Waals surface area contributed by atoms with Gasteiger partial charge in [0, 0.05) is 24.3 Å². The number of carbonyl (C=O) groups is 1. The number of ether oxygens (including phenoxy) is 1. The molecule has 0 unspecified atom stereocenters. The van der Waals surface area contributed by atoms with E-state index in [0.29, 0.717) is 16.7 Å². The molecular weight excluding hydrogens is 256 g/mol. The average molecular weight is 267 g/mol. The van der Waals surface area contributed by atoms with Crippen molar-refractivity contribution in [3.8, 4) is 5.88 Å². The van der Waals surface area contributed by atoms with E-state index in [0.717, 1.165) is 0 Å². The third kappa shape index (κ3) is 2.60. The third-order valence-electron chi connectivity index (χ3n) is 2.24. The van der Waals surface area contributed by atoms with Gasteiger partial charge in [-0.3, -0.25) is 4.79 Å². The number of nitrogens with zero attached hydrogens (tertiary/aromatic N) is 3. The van der Waals surface area contributed by atoms with Crippen LogP contribution in [0.2, 0.25) is 5.02 Å². The van der Waals surface area contributed by atoms with Gasteiger partial charge in [-0.25, -0.2) is 9.67 Å². The first kappa shape index (κ1) is 12.4. The van der Waals surface area contributed by atoms with E-state index >= 15 is 0 Å². The fourth-order valence-corrected chi connectivity index (χ4v) is 1.57. The normalized spacial score (nSPS) is 10.2. The predicted octanol–water partition coefficient (Wildman–Crippen LogP) is 1.73. The van der Waals surface area contributed by atoms with Crippen LogP contribution in [0.5, 0.6) is 5.88 Å². The number of anilines is 1. The summed E-state index contributed by atoms with van der Waals surface area (Å²) in [4.78, 5) is 15.9. The quantitative estimate of drug-likeness (QED) is 0.919. The molecule has 0 spiro atoms. The molecule has 2 aromatic rings. The molecule has 0 radical (unpaired) electrons. The van der Waals surface area contributed by atoms with Gasteiger partial charge in [0.15, 0.2) is 5.69 Å². The molecule has 0 aliphatic rings. The Balaban J connectivity index is 2.16. The molecule has 0 saturated heterocycles. The summed E-state index contributed by atoms with van der Waals surface area (Å²) in [5, 5.41) is 7.12. The van der Waals surface area contributed by atoms with Gasteiger partial charge in [-0.15, -0.1) is 0 Å². The lowest BCUT2D eigenvalue weighted by molar-refractivity contribution is 0.102. The van der Waals surface area contributed by atoms with E-state index < -0.39 is 0 Å². The molecule has 0 saturated carbocycles. The minimum Gasteiger partial charge on any atom is -0.481 e. The summed E-state index contributed by atoms with van der Waals surface area (Å²) >= 11 is 5.80. The molecule has 0 bridgehead atoms. The Labute approximate surface area is 109 Å². The van der Waals surface area contributed by atoms with E-state index in [9.17, 15) is 4.79 Å². The number of pyridine rings is 1. The number of aryl methyl sites for hydroxylation is 1. The van der Waals surface area contributed by atoms with Crippen LogP contribution in [-0.2, 0) is 7.05 Å². The second-order valence-corrected chi connectivity index (χ2v) is 3.95. The number of hydrogen-bond acceptors (Lipinski definition) is 4. The number of halogens is 1. The lowest BCUT2D eigenvalue weighted by Crippen LogP contribution is -2.13. The van der Waals surface area contributed by atoms with Gasteiger partial charge in [0.1, 0.15) is 5.82 Å². The molecular formula is C11H11ClN4O2. The van der Waals surface area contributed by atoms with E-state index in [1.165, 1.54) is 18.0 Å². The van der Waals surface area contributed by atoms with Crippen LogP contribution in [0.15, 0.2) is 24.4 Å². The number of rotatable bonds is 3. The van der Waals surface area contributed by atoms with Crippen LogP contribution < -0.4 is 10.1 Å². The zero-order chi connectivity index (χ0) is 13.1. The molecule has 94 valence electrons. The van der Waals surface area contributed by atoms with Crippen LogP contribution in [0.1, 0.15) is 10.5 Å². The van der Waals surface area contributed by atoms with Gasteiger partial charge in [-0.2, -0.15) is 5.10 Å². The molecule has 0 fully saturated rings. The Morgan fingerprint density at radius 3 is 2.89 bits per heavy atom. The number of nitrogens with one attached hydrogen (secondary N) is 1. The summed E-state index contributed by atoms with van der Waals surface area (Å²) in [6.45, 7) is 0. The zero-order valence-corrected chi connectivity index (χ0v) is 10.6. The fourth-order valence-electron chi connectivity index (χ4n) is 1.41. The van der Waals surface area contributed by atoms with Crippen molar-refractivity contribution in [1.82, 2.24) is 14.8 Å². The van der Waals surface area contributed by atoms with Crippen LogP contribution in [0.3, 0.4) is 0 Å². The molecule has 6 nitrogen and oxygen atoms in total. The van der Waals surface area contributed by atoms with Gasteiger partial charge in [0.25, 0.3) is 5.91 Å². The van der Waals surface area contributed by atoms with Crippen molar-refractivity contribution < 1.29 is 9.53 Å². The lowest BCUT2D eigenvalue weighted by Gasteiger charge is -2.01. The molecule has 2 rings (SSSR count). The van der Waals surface area contributed by atoms with Crippen molar-refractivity contribution in [1.29, 1.82) is 0 Å². The summed E-state index contributed by atoms with van der Waals surface area (Å²) in [6.07, 6.45) is 1.51. The molecule has 2 aromatic heterocycles. The number of aromatic nitrogens is 3. The zero-order valence-electron chi connectivity index (χ0n) is 9.85. The highest BCUT2D eigenvalue weighted by Gasteiger charge is 2.13. The van der Waals surface area contributed by atoms with Gasteiger partial charge in [0.05, 0.1) is 7.11 Å². The van der Waals surface area contributed by atoms with Crippen LogP contribution in [0.25, 0.3) is 0 Å². The first-order valence-corrected chi connectivity index (χ1v) is 5.49. The van der Waals surface area contributed by atoms with E-state index in [2.05, 4.69) is 15.4 Å². The van der Waals surface area contributed by atoms with Gasteiger partial charge in [-0.05, 0) is 12.1 Å². The fraction of sp³-hybridized carbons (Fsp3) is 0.182. The molecule has 0 aliphatic heterocycles.